The highest BCUT2D eigenvalue weighted by atomic mass is 19.1. The molecule has 16 heteroatoms. The van der Waals surface area contributed by atoms with Gasteiger partial charge < -0.3 is 43.0 Å². The molecule has 1 aromatic heterocycles. The van der Waals surface area contributed by atoms with Crippen molar-refractivity contribution in [2.45, 2.75) is 161 Å². The fourth-order valence-corrected chi connectivity index (χ4v) is 10.3. The number of ketones is 2. The van der Waals surface area contributed by atoms with Crippen LogP contribution in [0.2, 0.25) is 0 Å². The van der Waals surface area contributed by atoms with Gasteiger partial charge in [0.1, 0.15) is 11.9 Å². The Morgan fingerprint density at radius 3 is 2.25 bits per heavy atom. The standard InChI is InChI=1S/C47H70FN5O10/c1-14-36-47(9)39(53(44(58)51(47)12)23-19-18-22-52-26-34(49-27-52)33-20-16-15-17-21-33)30(4)37(55)28(2)25-45(7,59-13)41(31(5)40(56)46(8,48)43(57)62-36)63-42-38(61-32(6)54)35(50(10)11)24-29(3)60-42/h15-17,20-21,26-31,35-36,38-39,41-42H,14,18-19,22-25H2,1-13H3/t28-,29-,30-,31+,35+,36+,38-,39-,41-,42+,45+,46+,47-/m1/s1. The van der Waals surface area contributed by atoms with Gasteiger partial charge in [0.2, 0.25) is 0 Å². The first-order valence-corrected chi connectivity index (χ1v) is 22.3. The van der Waals surface area contributed by atoms with Gasteiger partial charge in [-0.2, -0.15) is 0 Å². The van der Waals surface area contributed by atoms with E-state index in [9.17, 15) is 24.0 Å². The summed E-state index contributed by atoms with van der Waals surface area (Å²) in [7, 11) is 6.70. The summed E-state index contributed by atoms with van der Waals surface area (Å²) < 4.78 is 50.1. The zero-order chi connectivity index (χ0) is 46.8. The van der Waals surface area contributed by atoms with Crippen LogP contribution in [-0.4, -0.2) is 148 Å². The molecule has 4 heterocycles. The zero-order valence-corrected chi connectivity index (χ0v) is 39.5. The molecule has 0 N–H and O–H groups in total. The number of halogens is 1. The lowest BCUT2D eigenvalue weighted by Crippen LogP contribution is -2.63. The Balaban J connectivity index is 1.51. The minimum absolute atomic E-state index is 0.000320. The Bertz CT molecular complexity index is 1940. The van der Waals surface area contributed by atoms with E-state index < -0.39 is 82.9 Å². The number of esters is 2. The minimum Gasteiger partial charge on any atom is -0.457 e. The molecule has 3 fully saturated rings. The number of Topliss-reactive ketones (excluding diaryl/α,β-unsaturated/α-hetero) is 2. The van der Waals surface area contributed by atoms with E-state index in [1.807, 2.05) is 67.0 Å². The highest BCUT2D eigenvalue weighted by Gasteiger charge is 2.62. The van der Waals surface area contributed by atoms with E-state index in [1.54, 1.807) is 52.9 Å². The molecule has 350 valence electrons. The number of hydrogen-bond acceptors (Lipinski definition) is 12. The van der Waals surface area contributed by atoms with E-state index in [0.717, 1.165) is 18.2 Å². The number of hydrogen-bond donors (Lipinski definition) is 0. The first-order valence-electron chi connectivity index (χ1n) is 22.3. The van der Waals surface area contributed by atoms with Gasteiger partial charge in [0.15, 0.2) is 18.2 Å². The third-order valence-electron chi connectivity index (χ3n) is 14.0. The third kappa shape index (κ3) is 10.0. The van der Waals surface area contributed by atoms with Gasteiger partial charge in [-0.3, -0.25) is 14.4 Å². The summed E-state index contributed by atoms with van der Waals surface area (Å²) in [5.41, 5.74) is -4.10. The lowest BCUT2D eigenvalue weighted by atomic mass is 9.72. The molecule has 3 aliphatic rings. The van der Waals surface area contributed by atoms with Crippen molar-refractivity contribution in [3.8, 4) is 11.3 Å². The zero-order valence-electron chi connectivity index (χ0n) is 39.5. The maximum absolute atomic E-state index is 17.2. The van der Waals surface area contributed by atoms with E-state index in [2.05, 4.69) is 4.98 Å². The molecule has 1 aromatic carbocycles. The fourth-order valence-electron chi connectivity index (χ4n) is 10.3. The monoisotopic (exact) mass is 884 g/mol. The van der Waals surface area contributed by atoms with Gasteiger partial charge in [-0.1, -0.05) is 58.0 Å². The molecule has 0 spiro atoms. The van der Waals surface area contributed by atoms with Crippen LogP contribution in [0.3, 0.4) is 0 Å². The number of fused-ring (bicyclic) bond motifs is 1. The van der Waals surface area contributed by atoms with Crippen LogP contribution in [0.1, 0.15) is 94.4 Å². The van der Waals surface area contributed by atoms with E-state index in [-0.39, 0.29) is 36.8 Å². The van der Waals surface area contributed by atoms with Gasteiger partial charge in [0.05, 0.1) is 47.5 Å². The molecule has 3 aliphatic heterocycles. The number of ether oxygens (including phenoxy) is 5. The Morgan fingerprint density at radius 1 is 1.00 bits per heavy atom. The molecule has 0 radical (unpaired) electrons. The fraction of sp³-hybridized carbons (Fsp3) is 0.702. The smallest absolute Gasteiger partial charge is 0.351 e. The molecule has 0 bridgehead atoms. The van der Waals surface area contributed by atoms with Gasteiger partial charge in [-0.25, -0.2) is 19.0 Å². The number of rotatable bonds is 12. The van der Waals surface area contributed by atoms with Crippen molar-refractivity contribution in [3.05, 3.63) is 42.9 Å². The SMILES string of the molecule is CC[C@@H]1OC(=O)[C@@](C)(F)C(=O)[C@H](C)[C@@H](O[C@@H]2O[C@H](C)C[C@H](N(C)C)[C@H]2OC(C)=O)[C@@](C)(OC)C[C@@H](C)C(=O)[C@@H](C)[C@H]2N(CCCCn3cnc(-c4ccccc4)c3)C(=O)N(C)[C@]12C. The van der Waals surface area contributed by atoms with Gasteiger partial charge >= 0.3 is 18.0 Å². The summed E-state index contributed by atoms with van der Waals surface area (Å²) in [5, 5.41) is 0. The summed E-state index contributed by atoms with van der Waals surface area (Å²) in [6.07, 6.45) is 0.688. The van der Waals surface area contributed by atoms with Gasteiger partial charge in [0.25, 0.3) is 5.67 Å². The Hall–Kier alpha value is -4.25. The maximum atomic E-state index is 17.2. The number of nitrogens with zero attached hydrogens (tertiary/aromatic N) is 5. The predicted molar refractivity (Wildman–Crippen MR) is 233 cm³/mol. The molecular formula is C47H70FN5O10. The first kappa shape index (κ1) is 49.8. The van der Waals surface area contributed by atoms with Crippen molar-refractivity contribution in [1.29, 1.82) is 0 Å². The predicted octanol–water partition coefficient (Wildman–Crippen LogP) is 6.11. The Morgan fingerprint density at radius 2 is 1.65 bits per heavy atom. The minimum atomic E-state index is -3.18. The lowest BCUT2D eigenvalue weighted by Gasteiger charge is -2.48. The van der Waals surface area contributed by atoms with Crippen LogP contribution in [0.15, 0.2) is 42.9 Å². The number of cyclic esters (lactones) is 1. The summed E-state index contributed by atoms with van der Waals surface area (Å²) in [4.78, 5) is 80.1. The number of unbranched alkanes of at least 4 members (excludes halogenated alkanes) is 1. The van der Waals surface area contributed by atoms with Crippen LogP contribution in [0.4, 0.5) is 9.18 Å². The number of alkyl halides is 1. The van der Waals surface area contributed by atoms with Gasteiger partial charge in [0, 0.05) is 63.7 Å². The van der Waals surface area contributed by atoms with E-state index in [4.69, 9.17) is 23.7 Å². The largest absolute Gasteiger partial charge is 0.457 e. The first-order chi connectivity index (χ1) is 29.5. The quantitative estimate of drug-likeness (QED) is 0.137. The van der Waals surface area contributed by atoms with Crippen molar-refractivity contribution < 1.29 is 52.0 Å². The number of amides is 2. The highest BCUT2D eigenvalue weighted by molar-refractivity contribution is 6.08. The molecule has 2 aromatic rings. The number of likely N-dealkylation sites (N-methyl/N-ethyl adjacent to an activating group) is 2. The number of aryl methyl sites for hydroxylation is 1. The highest BCUT2D eigenvalue weighted by Crippen LogP contribution is 2.44. The number of urea groups is 1. The summed E-state index contributed by atoms with van der Waals surface area (Å²) in [5.74, 6) is -6.23. The van der Waals surface area contributed by atoms with Crippen LogP contribution in [0, 0.1) is 17.8 Å². The molecule has 2 amide bonds. The normalized spacial score (nSPS) is 36.0. The Kier molecular flexibility index (Phi) is 15.7. The molecular weight excluding hydrogens is 814 g/mol. The molecule has 5 rings (SSSR count). The summed E-state index contributed by atoms with van der Waals surface area (Å²) in [6, 6.07) is 8.36. The third-order valence-corrected chi connectivity index (χ3v) is 14.0. The second kappa shape index (κ2) is 19.9. The van der Waals surface area contributed by atoms with Crippen LogP contribution in [0.5, 0.6) is 0 Å². The number of carbonyl (C=O) groups excluding carboxylic acids is 5. The topological polar surface area (TPSA) is 159 Å². The molecule has 0 aliphatic carbocycles. The summed E-state index contributed by atoms with van der Waals surface area (Å²) in [6.45, 7) is 15.1. The Labute approximate surface area is 372 Å². The van der Waals surface area contributed by atoms with Crippen molar-refractivity contribution in [3.63, 3.8) is 0 Å². The second-order valence-corrected chi connectivity index (χ2v) is 18.8. The van der Waals surface area contributed by atoms with Crippen LogP contribution in [0.25, 0.3) is 11.3 Å². The number of aromatic nitrogens is 2. The number of carbonyl (C=O) groups is 5. The van der Waals surface area contributed by atoms with Gasteiger partial charge in [-0.05, 0) is 73.9 Å². The molecule has 13 atom stereocenters. The number of imidazole rings is 1. The molecule has 63 heavy (non-hydrogen) atoms. The number of methoxy groups -OCH3 is 1. The summed E-state index contributed by atoms with van der Waals surface area (Å²) >= 11 is 0. The lowest BCUT2D eigenvalue weighted by molar-refractivity contribution is -0.298. The van der Waals surface area contributed by atoms with E-state index >= 15 is 4.39 Å². The van der Waals surface area contributed by atoms with E-state index in [0.29, 0.717) is 32.4 Å². The molecule has 0 unspecified atom stereocenters. The maximum Gasteiger partial charge on any atom is 0.351 e. The molecule has 3 saturated heterocycles. The van der Waals surface area contributed by atoms with Crippen molar-refractivity contribution in [1.82, 2.24) is 24.3 Å². The van der Waals surface area contributed by atoms with Crippen molar-refractivity contribution in [2.24, 2.45) is 17.8 Å². The van der Waals surface area contributed by atoms with Crippen LogP contribution in [-0.2, 0) is 49.4 Å². The molecule has 15 nitrogen and oxygen atoms in total. The molecule has 0 saturated carbocycles. The van der Waals surface area contributed by atoms with Crippen molar-refractivity contribution in [2.75, 3.05) is 34.8 Å². The van der Waals surface area contributed by atoms with E-state index in [1.165, 1.54) is 25.9 Å². The van der Waals surface area contributed by atoms with Gasteiger partial charge in [-0.15, -0.1) is 0 Å². The van der Waals surface area contributed by atoms with Crippen molar-refractivity contribution >= 4 is 29.5 Å². The average Bonchev–Trinajstić information content (AvgIpc) is 3.79. The second-order valence-electron chi connectivity index (χ2n) is 18.8. The van der Waals surface area contributed by atoms with Crippen LogP contribution >= 0.6 is 0 Å². The average molecular weight is 884 g/mol. The number of benzene rings is 1. The van der Waals surface area contributed by atoms with Crippen LogP contribution < -0.4 is 0 Å².